The van der Waals surface area contributed by atoms with Crippen LogP contribution in [0.25, 0.3) is 0 Å². The van der Waals surface area contributed by atoms with Crippen LogP contribution >= 0.6 is 0 Å². The maximum Gasteiger partial charge on any atom is 0.361 e. The van der Waals surface area contributed by atoms with Gasteiger partial charge in [0.05, 0.1) is 29.5 Å². The van der Waals surface area contributed by atoms with Crippen molar-refractivity contribution in [3.05, 3.63) is 34.4 Å². The number of nitrogens with one attached hydrogen (secondary N) is 2. The molecule has 0 bridgehead atoms. The SMILES string of the molecule is CC12CCC3C(CCC4(O)CC(OC(=O)C[NH+]5CC[NH+](CCO)CC5)CCC34C=O)C1(O)CCC2c1ccc(=O)oc1.[Cl-].[Cl-]. The van der Waals surface area contributed by atoms with Gasteiger partial charge in [-0.15, -0.1) is 0 Å². The van der Waals surface area contributed by atoms with Crippen LogP contribution in [0.2, 0.25) is 0 Å². The van der Waals surface area contributed by atoms with E-state index in [1.807, 2.05) is 6.07 Å². The maximum atomic E-state index is 13.0. The summed E-state index contributed by atoms with van der Waals surface area (Å²) in [7, 11) is 0. The molecule has 0 amide bonds. The molecule has 1 aromatic heterocycles. The van der Waals surface area contributed by atoms with Crippen molar-refractivity contribution in [3.8, 4) is 0 Å². The molecule has 1 aromatic rings. The van der Waals surface area contributed by atoms with Crippen molar-refractivity contribution in [1.29, 1.82) is 0 Å². The fraction of sp³-hybridized carbons (Fsp3) is 0.781. The van der Waals surface area contributed by atoms with Gasteiger partial charge in [0.2, 0.25) is 0 Å². The third kappa shape index (κ3) is 5.67. The van der Waals surface area contributed by atoms with Gasteiger partial charge in [0.15, 0.2) is 6.54 Å². The van der Waals surface area contributed by atoms with Crippen LogP contribution in [0.3, 0.4) is 0 Å². The van der Waals surface area contributed by atoms with E-state index in [-0.39, 0.29) is 67.2 Å². The third-order valence-electron chi connectivity index (χ3n) is 12.6. The Morgan fingerprint density at radius 1 is 1.00 bits per heavy atom. The molecule has 12 heteroatoms. The minimum Gasteiger partial charge on any atom is -1.00 e. The molecular weight excluding hydrogens is 611 g/mol. The van der Waals surface area contributed by atoms with E-state index in [0.29, 0.717) is 45.1 Å². The minimum absolute atomic E-state index is 0. The Kier molecular flexibility index (Phi) is 10.7. The average molecular weight is 660 g/mol. The first-order chi connectivity index (χ1) is 20.1. The van der Waals surface area contributed by atoms with Crippen molar-refractivity contribution < 1.29 is 68.7 Å². The van der Waals surface area contributed by atoms with Crippen molar-refractivity contribution in [3.63, 3.8) is 0 Å². The summed E-state index contributed by atoms with van der Waals surface area (Å²) in [5, 5.41) is 33.7. The van der Waals surface area contributed by atoms with E-state index < -0.39 is 28.1 Å². The van der Waals surface area contributed by atoms with Crippen molar-refractivity contribution in [2.24, 2.45) is 22.7 Å². The molecular formula is C32H48Cl2N2O8. The average Bonchev–Trinajstić information content (AvgIpc) is 3.25. The van der Waals surface area contributed by atoms with Crippen LogP contribution in [0, 0.1) is 22.7 Å². The Morgan fingerprint density at radius 3 is 2.36 bits per heavy atom. The highest BCUT2D eigenvalue weighted by molar-refractivity contribution is 5.70. The van der Waals surface area contributed by atoms with Crippen LogP contribution in [0.15, 0.2) is 27.6 Å². The van der Waals surface area contributed by atoms with Gasteiger partial charge in [-0.25, -0.2) is 9.59 Å². The highest BCUT2D eigenvalue weighted by Gasteiger charge is 2.71. The quantitative estimate of drug-likeness (QED) is 0.144. The zero-order valence-corrected chi connectivity index (χ0v) is 27.1. The molecule has 5 N–H and O–H groups in total. The summed E-state index contributed by atoms with van der Waals surface area (Å²) in [6.45, 7) is 6.91. The smallest absolute Gasteiger partial charge is 0.361 e. The van der Waals surface area contributed by atoms with Crippen molar-refractivity contribution in [1.82, 2.24) is 0 Å². The van der Waals surface area contributed by atoms with Crippen molar-refractivity contribution in [2.45, 2.75) is 87.9 Å². The molecule has 4 saturated carbocycles. The van der Waals surface area contributed by atoms with E-state index in [2.05, 4.69) is 6.92 Å². The summed E-state index contributed by atoms with van der Waals surface area (Å²) in [5.74, 6) is -0.458. The minimum atomic E-state index is -1.27. The number of piperazine rings is 1. The molecule has 6 rings (SSSR count). The summed E-state index contributed by atoms with van der Waals surface area (Å²) in [5.41, 5.74) is -3.10. The summed E-state index contributed by atoms with van der Waals surface area (Å²) in [4.78, 5) is 40.0. The van der Waals surface area contributed by atoms with Crippen LogP contribution in [0.4, 0.5) is 0 Å². The monoisotopic (exact) mass is 658 g/mol. The lowest BCUT2D eigenvalue weighted by Crippen LogP contribution is -3.28. The highest BCUT2D eigenvalue weighted by Crippen LogP contribution is 2.71. The largest absolute Gasteiger partial charge is 1.00 e. The number of hydrogen-bond donors (Lipinski definition) is 5. The summed E-state index contributed by atoms with van der Waals surface area (Å²) in [6, 6.07) is 3.25. The topological polar surface area (TPSA) is 143 Å². The Bertz CT molecular complexity index is 1220. The Balaban J connectivity index is 0.00000221. The number of aliphatic hydroxyl groups is 3. The predicted octanol–water partition coefficient (Wildman–Crippen LogP) is -7.13. The van der Waals surface area contributed by atoms with Crippen LogP contribution in [0.5, 0.6) is 0 Å². The molecule has 44 heavy (non-hydrogen) atoms. The van der Waals surface area contributed by atoms with Gasteiger partial charge >= 0.3 is 11.6 Å². The van der Waals surface area contributed by atoms with E-state index in [9.17, 15) is 29.7 Å². The Hall–Kier alpha value is -1.53. The molecule has 0 aromatic carbocycles. The third-order valence-corrected chi connectivity index (χ3v) is 12.6. The van der Waals surface area contributed by atoms with Gasteiger partial charge in [-0.3, -0.25) is 0 Å². The van der Waals surface area contributed by atoms with E-state index in [1.165, 1.54) is 22.1 Å². The Labute approximate surface area is 271 Å². The van der Waals surface area contributed by atoms with Crippen molar-refractivity contribution >= 4 is 12.3 Å². The predicted molar refractivity (Wildman–Crippen MR) is 151 cm³/mol. The number of hydrogen-bond acceptors (Lipinski definition) is 8. The lowest BCUT2D eigenvalue weighted by molar-refractivity contribution is -1.01. The number of aldehydes is 1. The van der Waals surface area contributed by atoms with E-state index in [1.54, 1.807) is 0 Å². The van der Waals surface area contributed by atoms with Crippen LogP contribution < -0.4 is 40.2 Å². The number of carbonyl (C=O) groups is 2. The molecule has 1 aliphatic heterocycles. The number of ether oxygens (including phenoxy) is 1. The standard InChI is InChI=1S/C32H46N2O8.2ClH/c1-29-8-5-25-26(32(29,40)11-7-24(29)22-2-3-27(37)41-20-22)6-10-31(39)18-23(4-9-30(25,31)21-36)42-28(38)19-34-14-12-33(13-15-34)16-17-35;;/h2-3,20-21,23-26,35,39-40H,4-19H2,1H3;2*1H. The van der Waals surface area contributed by atoms with Gasteiger partial charge in [-0.05, 0) is 80.8 Å². The number of aliphatic hydroxyl groups excluding tert-OH is 1. The van der Waals surface area contributed by atoms with E-state index in [4.69, 9.17) is 9.15 Å². The maximum absolute atomic E-state index is 13.0. The zero-order valence-electron chi connectivity index (χ0n) is 25.6. The first kappa shape index (κ1) is 35.3. The molecule has 5 aliphatic rings. The fourth-order valence-electron chi connectivity index (χ4n) is 10.3. The molecule has 8 unspecified atom stereocenters. The molecule has 248 valence electrons. The first-order valence-corrected chi connectivity index (χ1v) is 16.0. The van der Waals surface area contributed by atoms with Crippen molar-refractivity contribution in [2.75, 3.05) is 45.9 Å². The molecule has 10 nitrogen and oxygen atoms in total. The second-order valence-corrected chi connectivity index (χ2v) is 14.3. The molecule has 1 saturated heterocycles. The second-order valence-electron chi connectivity index (χ2n) is 14.3. The summed E-state index contributed by atoms with van der Waals surface area (Å²) < 4.78 is 11.1. The summed E-state index contributed by atoms with van der Waals surface area (Å²) in [6.07, 6.45) is 7.17. The van der Waals surface area contributed by atoms with Gasteiger partial charge in [-0.2, -0.15) is 0 Å². The molecule has 5 fully saturated rings. The van der Waals surface area contributed by atoms with Gasteiger partial charge in [0.1, 0.15) is 45.1 Å². The van der Waals surface area contributed by atoms with E-state index >= 15 is 0 Å². The number of carbonyl (C=O) groups excluding carboxylic acids is 2. The lowest BCUT2D eigenvalue weighted by atomic mass is 9.41. The number of fused-ring (bicyclic) bond motifs is 5. The van der Waals surface area contributed by atoms with Gasteiger partial charge in [0.25, 0.3) is 0 Å². The molecule has 8 atom stereocenters. The Morgan fingerprint density at radius 2 is 1.70 bits per heavy atom. The van der Waals surface area contributed by atoms with E-state index in [0.717, 1.165) is 57.4 Å². The number of esters is 1. The number of halogens is 2. The normalized spacial score (nSPS) is 42.8. The van der Waals surface area contributed by atoms with Crippen LogP contribution in [-0.2, 0) is 14.3 Å². The zero-order chi connectivity index (χ0) is 29.8. The fourth-order valence-corrected chi connectivity index (χ4v) is 10.3. The van der Waals surface area contributed by atoms with Crippen LogP contribution in [-0.4, -0.2) is 90.8 Å². The van der Waals surface area contributed by atoms with Gasteiger partial charge < -0.3 is 63.9 Å². The van der Waals surface area contributed by atoms with Gasteiger partial charge in [0, 0.05) is 17.9 Å². The second kappa shape index (κ2) is 13.3. The number of rotatable bonds is 7. The summed E-state index contributed by atoms with van der Waals surface area (Å²) >= 11 is 0. The first-order valence-electron chi connectivity index (χ1n) is 16.0. The lowest BCUT2D eigenvalue weighted by Gasteiger charge is -2.65. The molecule has 4 aliphatic carbocycles. The molecule has 0 spiro atoms. The van der Waals surface area contributed by atoms with Gasteiger partial charge in [-0.1, -0.05) is 6.92 Å². The molecule has 0 radical (unpaired) electrons. The highest BCUT2D eigenvalue weighted by atomic mass is 35.5. The van der Waals surface area contributed by atoms with Crippen LogP contribution in [0.1, 0.15) is 76.2 Å². The number of quaternary nitrogens is 2. The molecule has 2 heterocycles.